The number of nitrogens with zero attached hydrogens (tertiary/aromatic N) is 1. The zero-order valence-electron chi connectivity index (χ0n) is 23.8. The first-order chi connectivity index (χ1) is 19.8. The van der Waals surface area contributed by atoms with E-state index in [0.717, 1.165) is 45.4 Å². The lowest BCUT2D eigenvalue weighted by atomic mass is 10.1. The fourth-order valence-electron chi connectivity index (χ4n) is 5.38. The molecule has 1 amide bonds. The zero-order chi connectivity index (χ0) is 28.8. The number of ether oxygens (including phenoxy) is 2. The molecule has 0 aromatic heterocycles. The van der Waals surface area contributed by atoms with Gasteiger partial charge in [0, 0.05) is 37.1 Å². The van der Waals surface area contributed by atoms with Gasteiger partial charge < -0.3 is 14.8 Å². The smallest absolute Gasteiger partial charge is 0.251 e. The number of rotatable bonds is 9. The number of carbonyl (C=O) groups is 1. The van der Waals surface area contributed by atoms with Gasteiger partial charge in [0.05, 0.1) is 10.6 Å². The Hall–Kier alpha value is -3.46. The second kappa shape index (κ2) is 13.0. The Kier molecular flexibility index (Phi) is 9.22. The molecule has 1 saturated heterocycles. The molecule has 3 aromatic rings. The van der Waals surface area contributed by atoms with Crippen LogP contribution in [0.25, 0.3) is 6.08 Å². The van der Waals surface area contributed by atoms with Crippen molar-refractivity contribution in [3.8, 4) is 11.5 Å². The van der Waals surface area contributed by atoms with E-state index in [0.29, 0.717) is 34.4 Å². The Balaban J connectivity index is 1.28. The van der Waals surface area contributed by atoms with Crippen LogP contribution in [0.3, 0.4) is 0 Å². The fraction of sp³-hybridized carbons (Fsp3) is 0.364. The summed E-state index contributed by atoms with van der Waals surface area (Å²) in [6, 6.07) is 21.2. The van der Waals surface area contributed by atoms with E-state index < -0.39 is 9.84 Å². The van der Waals surface area contributed by atoms with Crippen LogP contribution in [0.1, 0.15) is 49.3 Å². The van der Waals surface area contributed by atoms with Gasteiger partial charge in [0.1, 0.15) is 11.5 Å². The Morgan fingerprint density at radius 2 is 1.66 bits per heavy atom. The molecule has 1 fully saturated rings. The lowest BCUT2D eigenvalue weighted by Gasteiger charge is -2.31. The summed E-state index contributed by atoms with van der Waals surface area (Å²) >= 11 is 0. The maximum Gasteiger partial charge on any atom is 0.251 e. The van der Waals surface area contributed by atoms with Crippen molar-refractivity contribution in [1.82, 2.24) is 4.90 Å². The Bertz CT molecular complexity index is 1490. The second-order valence-corrected chi connectivity index (χ2v) is 12.9. The number of benzene rings is 3. The molecule has 0 aliphatic carbocycles. The summed E-state index contributed by atoms with van der Waals surface area (Å²) < 4.78 is 37.5. The number of hydrogen-bond donors (Lipinski definition) is 1. The van der Waals surface area contributed by atoms with E-state index in [2.05, 4.69) is 24.2 Å². The van der Waals surface area contributed by atoms with E-state index in [-0.39, 0.29) is 23.0 Å². The van der Waals surface area contributed by atoms with Crippen LogP contribution in [-0.4, -0.2) is 51.3 Å². The standard InChI is InChI=1S/C33H38N2O5S/c1-3-4-24-7-11-30(12-8-24)40-31-13-14-32-27(22-31)21-26(17-20-41(32,37)38)33(36)34-28-9-5-25(6-10-28)23-35(2)29-15-18-39-19-16-29/h5-14,21-22,29H,3-4,15-20,23H2,1-2H3,(H,34,36). The number of sulfone groups is 1. The van der Waals surface area contributed by atoms with E-state index in [1.54, 1.807) is 24.3 Å². The molecule has 0 atom stereocenters. The summed E-state index contributed by atoms with van der Waals surface area (Å²) in [5.41, 5.74) is 3.95. The van der Waals surface area contributed by atoms with Gasteiger partial charge in [0.2, 0.25) is 0 Å². The molecule has 0 radical (unpaired) electrons. The summed E-state index contributed by atoms with van der Waals surface area (Å²) in [7, 11) is -1.41. The summed E-state index contributed by atoms with van der Waals surface area (Å²) in [6.45, 7) is 4.58. The van der Waals surface area contributed by atoms with E-state index >= 15 is 0 Å². The lowest BCUT2D eigenvalue weighted by molar-refractivity contribution is -0.112. The van der Waals surface area contributed by atoms with Crippen LogP contribution < -0.4 is 10.1 Å². The molecule has 5 rings (SSSR count). The van der Waals surface area contributed by atoms with Crippen molar-refractivity contribution in [2.45, 2.75) is 56.5 Å². The van der Waals surface area contributed by atoms with Crippen LogP contribution >= 0.6 is 0 Å². The molecule has 216 valence electrons. The molecule has 0 bridgehead atoms. The van der Waals surface area contributed by atoms with Gasteiger partial charge >= 0.3 is 0 Å². The first-order valence-corrected chi connectivity index (χ1v) is 16.0. The van der Waals surface area contributed by atoms with Gasteiger partial charge in [-0.05, 0) is 98.0 Å². The van der Waals surface area contributed by atoms with E-state index in [9.17, 15) is 13.2 Å². The number of fused-ring (bicyclic) bond motifs is 1. The Morgan fingerprint density at radius 1 is 0.976 bits per heavy atom. The van der Waals surface area contributed by atoms with Crippen LogP contribution in [0.2, 0.25) is 0 Å². The molecule has 2 aliphatic rings. The first-order valence-electron chi connectivity index (χ1n) is 14.3. The molecule has 2 heterocycles. The van der Waals surface area contributed by atoms with Crippen molar-refractivity contribution < 1.29 is 22.7 Å². The van der Waals surface area contributed by atoms with Crippen molar-refractivity contribution >= 4 is 27.5 Å². The summed E-state index contributed by atoms with van der Waals surface area (Å²) in [4.78, 5) is 15.8. The van der Waals surface area contributed by atoms with Gasteiger partial charge in [-0.2, -0.15) is 0 Å². The molecule has 7 nitrogen and oxygen atoms in total. The average Bonchev–Trinajstić information content (AvgIpc) is 3.11. The normalized spacial score (nSPS) is 16.9. The fourth-order valence-corrected chi connectivity index (χ4v) is 6.84. The third-order valence-corrected chi connectivity index (χ3v) is 9.52. The molecule has 0 spiro atoms. The van der Waals surface area contributed by atoms with Crippen molar-refractivity contribution in [2.75, 3.05) is 31.3 Å². The van der Waals surface area contributed by atoms with Crippen LogP contribution in [0.4, 0.5) is 5.69 Å². The predicted octanol–water partition coefficient (Wildman–Crippen LogP) is 6.24. The van der Waals surface area contributed by atoms with Gasteiger partial charge in [-0.25, -0.2) is 8.42 Å². The monoisotopic (exact) mass is 574 g/mol. The number of anilines is 1. The van der Waals surface area contributed by atoms with E-state index in [1.807, 2.05) is 48.5 Å². The molecule has 2 aliphatic heterocycles. The van der Waals surface area contributed by atoms with Crippen molar-refractivity contribution in [3.05, 3.63) is 89.0 Å². The highest BCUT2D eigenvalue weighted by atomic mass is 32.2. The summed E-state index contributed by atoms with van der Waals surface area (Å²) in [5, 5.41) is 2.95. The number of amides is 1. The molecule has 0 saturated carbocycles. The predicted molar refractivity (Wildman–Crippen MR) is 162 cm³/mol. The van der Waals surface area contributed by atoms with Crippen LogP contribution in [0.15, 0.2) is 77.2 Å². The lowest BCUT2D eigenvalue weighted by Crippen LogP contribution is -2.36. The summed E-state index contributed by atoms with van der Waals surface area (Å²) in [6.07, 6.45) is 5.96. The number of hydrogen-bond acceptors (Lipinski definition) is 6. The molecule has 41 heavy (non-hydrogen) atoms. The van der Waals surface area contributed by atoms with Crippen molar-refractivity contribution in [3.63, 3.8) is 0 Å². The van der Waals surface area contributed by atoms with E-state index in [1.165, 1.54) is 11.1 Å². The largest absolute Gasteiger partial charge is 0.457 e. The third-order valence-electron chi connectivity index (χ3n) is 7.73. The minimum absolute atomic E-state index is 0.129. The van der Waals surface area contributed by atoms with Crippen molar-refractivity contribution in [1.29, 1.82) is 0 Å². The number of carbonyl (C=O) groups excluding carboxylic acids is 1. The first kappa shape index (κ1) is 29.0. The minimum Gasteiger partial charge on any atom is -0.457 e. The highest BCUT2D eigenvalue weighted by molar-refractivity contribution is 7.91. The average molecular weight is 575 g/mol. The van der Waals surface area contributed by atoms with Crippen LogP contribution in [0, 0.1) is 0 Å². The second-order valence-electron chi connectivity index (χ2n) is 10.8. The van der Waals surface area contributed by atoms with Crippen LogP contribution in [0.5, 0.6) is 11.5 Å². The maximum absolute atomic E-state index is 13.2. The Morgan fingerprint density at radius 3 is 2.37 bits per heavy atom. The maximum atomic E-state index is 13.2. The van der Waals surface area contributed by atoms with Gasteiger partial charge in [0.25, 0.3) is 5.91 Å². The topological polar surface area (TPSA) is 84.9 Å². The highest BCUT2D eigenvalue weighted by Gasteiger charge is 2.25. The van der Waals surface area contributed by atoms with E-state index in [4.69, 9.17) is 9.47 Å². The Labute approximate surface area is 243 Å². The van der Waals surface area contributed by atoms with Gasteiger partial charge in [-0.3, -0.25) is 9.69 Å². The quantitative estimate of drug-likeness (QED) is 0.326. The minimum atomic E-state index is -3.55. The molecule has 3 aromatic carbocycles. The molecule has 1 N–H and O–H groups in total. The molecule has 0 unspecified atom stereocenters. The van der Waals surface area contributed by atoms with Gasteiger partial charge in [0.15, 0.2) is 9.84 Å². The van der Waals surface area contributed by atoms with Crippen LogP contribution in [-0.2, 0) is 32.3 Å². The zero-order valence-corrected chi connectivity index (χ0v) is 24.6. The number of aryl methyl sites for hydroxylation is 1. The molecular weight excluding hydrogens is 536 g/mol. The van der Waals surface area contributed by atoms with Crippen molar-refractivity contribution in [2.24, 2.45) is 0 Å². The van der Waals surface area contributed by atoms with Gasteiger partial charge in [-0.1, -0.05) is 37.6 Å². The number of nitrogens with one attached hydrogen (secondary N) is 1. The SMILES string of the molecule is CCCc1ccc(Oc2ccc3c(c2)C=C(C(=O)Nc2ccc(CN(C)C4CCOCC4)cc2)CCS3(=O)=O)cc1. The highest BCUT2D eigenvalue weighted by Crippen LogP contribution is 2.32. The van der Waals surface area contributed by atoms with Gasteiger partial charge in [-0.15, -0.1) is 0 Å². The third kappa shape index (κ3) is 7.44. The molecular formula is C33H38N2O5S. The summed E-state index contributed by atoms with van der Waals surface area (Å²) in [5.74, 6) is 0.750. The molecule has 8 heteroatoms.